The predicted octanol–water partition coefficient (Wildman–Crippen LogP) is 4.62. The molecule has 1 atom stereocenters. The number of anilines is 1. The van der Waals surface area contributed by atoms with Gasteiger partial charge in [-0.3, -0.25) is 0 Å². The molecule has 0 aliphatic rings. The number of rotatable bonds is 6. The number of hydrogen-bond donors (Lipinski definition) is 1. The molecule has 1 N–H and O–H groups in total. The molecule has 2 nitrogen and oxygen atoms in total. The Morgan fingerprint density at radius 2 is 1.95 bits per heavy atom. The van der Waals surface area contributed by atoms with Gasteiger partial charge in [-0.1, -0.05) is 25.1 Å². The van der Waals surface area contributed by atoms with Crippen molar-refractivity contribution in [2.75, 3.05) is 5.32 Å². The van der Waals surface area contributed by atoms with E-state index in [1.165, 1.54) is 12.1 Å². The van der Waals surface area contributed by atoms with Crippen molar-refractivity contribution in [2.45, 2.75) is 32.9 Å². The molecule has 0 aliphatic carbocycles. The lowest BCUT2D eigenvalue weighted by molar-refractivity contribution is 0.217. The third-order valence-electron chi connectivity index (χ3n) is 3.13. The quantitative estimate of drug-likeness (QED) is 0.829. The van der Waals surface area contributed by atoms with Crippen LogP contribution in [-0.2, 0) is 6.54 Å². The molecule has 0 aromatic heterocycles. The summed E-state index contributed by atoms with van der Waals surface area (Å²) >= 11 is 0. The van der Waals surface area contributed by atoms with Gasteiger partial charge in [0.05, 0.1) is 6.10 Å². The highest BCUT2D eigenvalue weighted by molar-refractivity contribution is 5.48. The molecule has 0 saturated heterocycles. The number of halogens is 1. The molecule has 0 bridgehead atoms. The van der Waals surface area contributed by atoms with Crippen molar-refractivity contribution in [1.82, 2.24) is 0 Å². The van der Waals surface area contributed by atoms with Crippen LogP contribution in [0.15, 0.2) is 48.5 Å². The standard InChI is InChI=1S/C17H20FNO/c1-3-13(2)20-17-9-5-8-16(11-17)19-12-14-6-4-7-15(18)10-14/h4-11,13,19H,3,12H2,1-2H3. The fraction of sp³-hybridized carbons (Fsp3) is 0.294. The first-order chi connectivity index (χ1) is 9.67. The first-order valence-electron chi connectivity index (χ1n) is 6.92. The Labute approximate surface area is 119 Å². The Hall–Kier alpha value is -2.03. The van der Waals surface area contributed by atoms with Crippen molar-refractivity contribution in [3.8, 4) is 5.75 Å². The molecule has 2 rings (SSSR count). The lowest BCUT2D eigenvalue weighted by Gasteiger charge is -2.14. The lowest BCUT2D eigenvalue weighted by atomic mass is 10.2. The Morgan fingerprint density at radius 3 is 2.70 bits per heavy atom. The Bertz CT molecular complexity index is 556. The summed E-state index contributed by atoms with van der Waals surface area (Å²) in [4.78, 5) is 0. The second kappa shape index (κ2) is 6.94. The highest BCUT2D eigenvalue weighted by atomic mass is 19.1. The maximum atomic E-state index is 13.1. The number of nitrogens with one attached hydrogen (secondary N) is 1. The summed E-state index contributed by atoms with van der Waals surface area (Å²) in [5.74, 6) is 0.641. The van der Waals surface area contributed by atoms with Gasteiger partial charge in [0.15, 0.2) is 0 Å². The monoisotopic (exact) mass is 273 g/mol. The predicted molar refractivity (Wildman–Crippen MR) is 80.5 cm³/mol. The summed E-state index contributed by atoms with van der Waals surface area (Å²) in [7, 11) is 0. The molecule has 0 amide bonds. The van der Waals surface area contributed by atoms with Crippen molar-refractivity contribution in [3.63, 3.8) is 0 Å². The van der Waals surface area contributed by atoms with Gasteiger partial charge in [-0.05, 0) is 43.2 Å². The van der Waals surface area contributed by atoms with Gasteiger partial charge in [0.2, 0.25) is 0 Å². The molecule has 2 aromatic carbocycles. The maximum absolute atomic E-state index is 13.1. The maximum Gasteiger partial charge on any atom is 0.123 e. The first kappa shape index (κ1) is 14.4. The van der Waals surface area contributed by atoms with Crippen molar-refractivity contribution in [1.29, 1.82) is 0 Å². The van der Waals surface area contributed by atoms with Gasteiger partial charge >= 0.3 is 0 Å². The van der Waals surface area contributed by atoms with Gasteiger partial charge in [-0.15, -0.1) is 0 Å². The summed E-state index contributed by atoms with van der Waals surface area (Å²) in [6.07, 6.45) is 1.18. The molecule has 0 heterocycles. The van der Waals surface area contributed by atoms with E-state index in [0.29, 0.717) is 6.54 Å². The van der Waals surface area contributed by atoms with E-state index in [1.807, 2.05) is 37.3 Å². The number of benzene rings is 2. The highest BCUT2D eigenvalue weighted by Gasteiger charge is 2.02. The number of hydrogen-bond acceptors (Lipinski definition) is 2. The molecule has 0 fully saturated rings. The van der Waals surface area contributed by atoms with E-state index in [0.717, 1.165) is 23.4 Å². The van der Waals surface area contributed by atoms with E-state index >= 15 is 0 Å². The third-order valence-corrected chi connectivity index (χ3v) is 3.13. The minimum absolute atomic E-state index is 0.202. The van der Waals surface area contributed by atoms with E-state index in [-0.39, 0.29) is 11.9 Å². The molecule has 3 heteroatoms. The van der Waals surface area contributed by atoms with Gasteiger partial charge in [-0.25, -0.2) is 4.39 Å². The molecule has 0 aliphatic heterocycles. The van der Waals surface area contributed by atoms with Crippen LogP contribution in [0.4, 0.5) is 10.1 Å². The van der Waals surface area contributed by atoms with Crippen LogP contribution < -0.4 is 10.1 Å². The Kier molecular flexibility index (Phi) is 4.99. The second-order valence-electron chi connectivity index (χ2n) is 4.85. The van der Waals surface area contributed by atoms with Gasteiger partial charge in [0, 0.05) is 18.3 Å². The average molecular weight is 273 g/mol. The van der Waals surface area contributed by atoms with Gasteiger partial charge in [-0.2, -0.15) is 0 Å². The summed E-state index contributed by atoms with van der Waals surface area (Å²) in [5.41, 5.74) is 1.88. The summed E-state index contributed by atoms with van der Waals surface area (Å²) in [5, 5.41) is 3.27. The zero-order valence-corrected chi connectivity index (χ0v) is 11.9. The van der Waals surface area contributed by atoms with Crippen LogP contribution in [0.1, 0.15) is 25.8 Å². The molecule has 106 valence electrons. The molecule has 2 aromatic rings. The number of ether oxygens (including phenoxy) is 1. The van der Waals surface area contributed by atoms with Crippen LogP contribution in [-0.4, -0.2) is 6.10 Å². The van der Waals surface area contributed by atoms with Crippen molar-refractivity contribution < 1.29 is 9.13 Å². The van der Waals surface area contributed by atoms with E-state index in [9.17, 15) is 4.39 Å². The van der Waals surface area contributed by atoms with Crippen molar-refractivity contribution >= 4 is 5.69 Å². The fourth-order valence-corrected chi connectivity index (χ4v) is 1.85. The largest absolute Gasteiger partial charge is 0.491 e. The Balaban J connectivity index is 1.97. The molecule has 1 unspecified atom stereocenters. The van der Waals surface area contributed by atoms with E-state index in [2.05, 4.69) is 12.2 Å². The smallest absolute Gasteiger partial charge is 0.123 e. The molecular formula is C17H20FNO. The van der Waals surface area contributed by atoms with Crippen LogP contribution in [0.3, 0.4) is 0 Å². The molecule has 0 saturated carbocycles. The third kappa shape index (κ3) is 4.26. The van der Waals surface area contributed by atoms with Gasteiger partial charge < -0.3 is 10.1 Å². The zero-order valence-electron chi connectivity index (χ0n) is 11.9. The van der Waals surface area contributed by atoms with Gasteiger partial charge in [0.1, 0.15) is 11.6 Å². The van der Waals surface area contributed by atoms with Crippen LogP contribution in [0.5, 0.6) is 5.75 Å². The summed E-state index contributed by atoms with van der Waals surface area (Å²) < 4.78 is 18.9. The fourth-order valence-electron chi connectivity index (χ4n) is 1.85. The molecule has 20 heavy (non-hydrogen) atoms. The lowest BCUT2D eigenvalue weighted by Crippen LogP contribution is -2.09. The summed E-state index contributed by atoms with van der Waals surface area (Å²) in [6.45, 7) is 4.73. The van der Waals surface area contributed by atoms with Crippen molar-refractivity contribution in [2.24, 2.45) is 0 Å². The zero-order chi connectivity index (χ0) is 14.4. The van der Waals surface area contributed by atoms with Crippen LogP contribution in [0, 0.1) is 5.82 Å². The van der Waals surface area contributed by atoms with E-state index < -0.39 is 0 Å². The van der Waals surface area contributed by atoms with Crippen LogP contribution in [0.25, 0.3) is 0 Å². The molecule has 0 radical (unpaired) electrons. The van der Waals surface area contributed by atoms with Crippen LogP contribution >= 0.6 is 0 Å². The molecule has 0 spiro atoms. The SMILES string of the molecule is CCC(C)Oc1cccc(NCc2cccc(F)c2)c1. The first-order valence-corrected chi connectivity index (χ1v) is 6.92. The summed E-state index contributed by atoms with van der Waals surface area (Å²) in [6, 6.07) is 14.4. The molecular weight excluding hydrogens is 253 g/mol. The second-order valence-corrected chi connectivity index (χ2v) is 4.85. The van der Waals surface area contributed by atoms with E-state index in [1.54, 1.807) is 6.07 Å². The minimum Gasteiger partial charge on any atom is -0.491 e. The van der Waals surface area contributed by atoms with Crippen molar-refractivity contribution in [3.05, 3.63) is 59.9 Å². The van der Waals surface area contributed by atoms with Gasteiger partial charge in [0.25, 0.3) is 0 Å². The Morgan fingerprint density at radius 1 is 1.15 bits per heavy atom. The topological polar surface area (TPSA) is 21.3 Å². The minimum atomic E-state index is -0.210. The van der Waals surface area contributed by atoms with Crippen LogP contribution in [0.2, 0.25) is 0 Å². The highest BCUT2D eigenvalue weighted by Crippen LogP contribution is 2.20. The normalized spacial score (nSPS) is 11.9. The average Bonchev–Trinajstić information content (AvgIpc) is 2.45. The van der Waals surface area contributed by atoms with E-state index in [4.69, 9.17) is 4.74 Å².